The van der Waals surface area contributed by atoms with Gasteiger partial charge in [0.2, 0.25) is 11.8 Å². The molecule has 4 aromatic rings. The minimum absolute atomic E-state index is 0.0102. The van der Waals surface area contributed by atoms with Crippen molar-refractivity contribution in [3.63, 3.8) is 0 Å². The molecule has 0 heterocycles. The summed E-state index contributed by atoms with van der Waals surface area (Å²) in [5.74, 6) is -0.671. The molecule has 0 aliphatic carbocycles. The molecule has 4 rings (SSSR count). The molecule has 248 valence electrons. The van der Waals surface area contributed by atoms with Gasteiger partial charge in [-0.3, -0.25) is 13.9 Å². The number of carbonyl (C=O) groups excluding carboxylic acids is 2. The second-order valence-electron chi connectivity index (χ2n) is 11.1. The van der Waals surface area contributed by atoms with Crippen LogP contribution in [0.15, 0.2) is 102 Å². The lowest BCUT2D eigenvalue weighted by Gasteiger charge is -2.34. The van der Waals surface area contributed by atoms with Crippen LogP contribution < -0.4 is 14.4 Å². The quantitative estimate of drug-likeness (QED) is 0.134. The van der Waals surface area contributed by atoms with Crippen molar-refractivity contribution in [3.05, 3.63) is 124 Å². The Morgan fingerprint density at radius 3 is 2.21 bits per heavy atom. The van der Waals surface area contributed by atoms with Crippen molar-refractivity contribution in [3.8, 4) is 5.75 Å². The van der Waals surface area contributed by atoms with Crippen molar-refractivity contribution in [1.82, 2.24) is 10.2 Å². The number of unbranched alkanes of at least 4 members (excludes halogenated alkanes) is 1. The van der Waals surface area contributed by atoms with Gasteiger partial charge in [0.15, 0.2) is 0 Å². The van der Waals surface area contributed by atoms with E-state index in [-0.39, 0.29) is 35.2 Å². The molecule has 0 bridgehead atoms. The highest BCUT2D eigenvalue weighted by Crippen LogP contribution is 2.33. The number of para-hydroxylation sites is 2. The van der Waals surface area contributed by atoms with Crippen LogP contribution in [0, 0.1) is 6.92 Å². The number of carbonyl (C=O) groups is 2. The van der Waals surface area contributed by atoms with Gasteiger partial charge in [-0.1, -0.05) is 103 Å². The van der Waals surface area contributed by atoms with Crippen LogP contribution >= 0.6 is 23.2 Å². The summed E-state index contributed by atoms with van der Waals surface area (Å²) < 4.78 is 35.1. The first-order valence-corrected chi connectivity index (χ1v) is 17.5. The molecule has 0 radical (unpaired) electrons. The van der Waals surface area contributed by atoms with Gasteiger partial charge < -0.3 is 15.0 Å². The van der Waals surface area contributed by atoms with Crippen molar-refractivity contribution in [2.24, 2.45) is 0 Å². The SMILES string of the molecule is CCCCNC(=O)[C@H](Cc1ccccc1)N(Cc1ccc(Cl)c(Cl)c1)C(=O)CN(c1ccccc1OC)S(=O)(=O)c1ccc(C)cc1. The lowest BCUT2D eigenvalue weighted by molar-refractivity contribution is -0.140. The molecule has 0 fully saturated rings. The second-order valence-corrected chi connectivity index (χ2v) is 13.8. The van der Waals surface area contributed by atoms with E-state index in [1.807, 2.05) is 44.2 Å². The number of aryl methyl sites for hydroxylation is 1. The smallest absolute Gasteiger partial charge is 0.264 e. The number of ether oxygens (including phenoxy) is 1. The Bertz CT molecular complexity index is 1770. The van der Waals surface area contributed by atoms with Crippen LogP contribution in [0.1, 0.15) is 36.5 Å². The van der Waals surface area contributed by atoms with E-state index in [2.05, 4.69) is 5.32 Å². The van der Waals surface area contributed by atoms with Gasteiger partial charge >= 0.3 is 0 Å². The topological polar surface area (TPSA) is 96.0 Å². The van der Waals surface area contributed by atoms with E-state index in [9.17, 15) is 18.0 Å². The summed E-state index contributed by atoms with van der Waals surface area (Å²) in [4.78, 5) is 29.9. The molecule has 0 saturated heterocycles. The Morgan fingerprint density at radius 2 is 1.55 bits per heavy atom. The number of hydrogen-bond donors (Lipinski definition) is 1. The number of nitrogens with one attached hydrogen (secondary N) is 1. The van der Waals surface area contributed by atoms with Gasteiger partial charge in [-0.15, -0.1) is 0 Å². The zero-order chi connectivity index (χ0) is 34.0. The molecule has 0 aromatic heterocycles. The normalized spacial score (nSPS) is 11.9. The third-order valence-electron chi connectivity index (χ3n) is 7.68. The Hall–Kier alpha value is -4.05. The molecule has 47 heavy (non-hydrogen) atoms. The van der Waals surface area contributed by atoms with Crippen molar-refractivity contribution in [2.75, 3.05) is 24.5 Å². The molecular formula is C36H39Cl2N3O5S. The van der Waals surface area contributed by atoms with Crippen molar-refractivity contribution >= 4 is 50.7 Å². The van der Waals surface area contributed by atoms with E-state index in [1.54, 1.807) is 54.6 Å². The van der Waals surface area contributed by atoms with E-state index >= 15 is 0 Å². The third-order valence-corrected chi connectivity index (χ3v) is 10.2. The molecule has 0 unspecified atom stereocenters. The number of amides is 2. The van der Waals surface area contributed by atoms with Gasteiger partial charge in [0.1, 0.15) is 18.3 Å². The van der Waals surface area contributed by atoms with Gasteiger partial charge in [0, 0.05) is 19.5 Å². The van der Waals surface area contributed by atoms with Crippen LogP contribution in [-0.2, 0) is 32.6 Å². The molecule has 1 atom stereocenters. The predicted octanol–water partition coefficient (Wildman–Crippen LogP) is 7.06. The number of benzene rings is 4. The average molecular weight is 697 g/mol. The highest BCUT2D eigenvalue weighted by Gasteiger charge is 2.35. The van der Waals surface area contributed by atoms with Crippen molar-refractivity contribution < 1.29 is 22.7 Å². The number of sulfonamides is 1. The lowest BCUT2D eigenvalue weighted by Crippen LogP contribution is -2.53. The molecule has 0 aliphatic rings. The zero-order valence-electron chi connectivity index (χ0n) is 26.7. The first-order valence-electron chi connectivity index (χ1n) is 15.3. The fourth-order valence-electron chi connectivity index (χ4n) is 5.08. The van der Waals surface area contributed by atoms with Crippen LogP contribution in [0.3, 0.4) is 0 Å². The third kappa shape index (κ3) is 9.28. The minimum Gasteiger partial charge on any atom is -0.495 e. The van der Waals surface area contributed by atoms with Crippen LogP contribution in [0.5, 0.6) is 5.75 Å². The van der Waals surface area contributed by atoms with E-state index in [0.717, 1.165) is 28.3 Å². The molecule has 1 N–H and O–H groups in total. The maximum absolute atomic E-state index is 14.6. The van der Waals surface area contributed by atoms with Crippen molar-refractivity contribution in [1.29, 1.82) is 0 Å². The maximum atomic E-state index is 14.6. The Kier molecular flexibility index (Phi) is 12.7. The molecular weight excluding hydrogens is 657 g/mol. The fourth-order valence-corrected chi connectivity index (χ4v) is 6.83. The van der Waals surface area contributed by atoms with E-state index in [1.165, 1.54) is 24.1 Å². The number of halogens is 2. The monoisotopic (exact) mass is 695 g/mol. The Labute approximate surface area is 287 Å². The number of anilines is 1. The van der Waals surface area contributed by atoms with Crippen LogP contribution in [0.25, 0.3) is 0 Å². The molecule has 2 amide bonds. The second kappa shape index (κ2) is 16.7. The summed E-state index contributed by atoms with van der Waals surface area (Å²) >= 11 is 12.5. The highest BCUT2D eigenvalue weighted by atomic mass is 35.5. The zero-order valence-corrected chi connectivity index (χ0v) is 29.0. The molecule has 11 heteroatoms. The number of rotatable bonds is 15. The summed E-state index contributed by atoms with van der Waals surface area (Å²) in [5.41, 5.74) is 2.53. The van der Waals surface area contributed by atoms with Crippen LogP contribution in [-0.4, -0.2) is 51.4 Å². The lowest BCUT2D eigenvalue weighted by atomic mass is 10.0. The van der Waals surface area contributed by atoms with Gasteiger partial charge in [0.05, 0.1) is 27.7 Å². The summed E-state index contributed by atoms with van der Waals surface area (Å²) in [7, 11) is -2.84. The van der Waals surface area contributed by atoms with Crippen LogP contribution in [0.2, 0.25) is 10.0 Å². The first-order chi connectivity index (χ1) is 22.5. The summed E-state index contributed by atoms with van der Waals surface area (Å²) in [6, 6.07) is 26.4. The van der Waals surface area contributed by atoms with E-state index in [4.69, 9.17) is 27.9 Å². The molecule has 0 spiro atoms. The highest BCUT2D eigenvalue weighted by molar-refractivity contribution is 7.92. The van der Waals surface area contributed by atoms with Gasteiger partial charge in [0.25, 0.3) is 10.0 Å². The largest absolute Gasteiger partial charge is 0.495 e. The summed E-state index contributed by atoms with van der Waals surface area (Å²) in [6.45, 7) is 3.68. The predicted molar refractivity (Wildman–Crippen MR) is 188 cm³/mol. The van der Waals surface area contributed by atoms with Gasteiger partial charge in [-0.2, -0.15) is 0 Å². The van der Waals surface area contributed by atoms with Crippen molar-refractivity contribution in [2.45, 2.75) is 50.6 Å². The van der Waals surface area contributed by atoms with Gasteiger partial charge in [-0.05, 0) is 60.9 Å². The number of nitrogens with zero attached hydrogens (tertiary/aromatic N) is 2. The number of hydrogen-bond acceptors (Lipinski definition) is 5. The molecule has 0 aliphatic heterocycles. The van der Waals surface area contributed by atoms with Gasteiger partial charge in [-0.25, -0.2) is 8.42 Å². The number of methoxy groups -OCH3 is 1. The minimum atomic E-state index is -4.27. The molecule has 8 nitrogen and oxygen atoms in total. The Morgan fingerprint density at radius 1 is 0.872 bits per heavy atom. The maximum Gasteiger partial charge on any atom is 0.264 e. The average Bonchev–Trinajstić information content (AvgIpc) is 3.07. The Balaban J connectivity index is 1.83. The molecule has 4 aromatic carbocycles. The van der Waals surface area contributed by atoms with E-state index < -0.39 is 28.5 Å². The standard InChI is InChI=1S/C36H39Cl2N3O5S/c1-4-5-21-39-36(43)33(23-27-11-7-6-8-12-27)40(24-28-17-20-30(37)31(38)22-28)35(42)25-41(32-13-9-10-14-34(32)46-3)47(44,45)29-18-15-26(2)16-19-29/h6-20,22,33H,4-5,21,23-25H2,1-3H3,(H,39,43)/t33-/m0/s1. The summed E-state index contributed by atoms with van der Waals surface area (Å²) in [6.07, 6.45) is 1.84. The van der Waals surface area contributed by atoms with Crippen LogP contribution in [0.4, 0.5) is 5.69 Å². The first kappa shape index (κ1) is 35.8. The molecule has 0 saturated carbocycles. The fraction of sp³-hybridized carbons (Fsp3) is 0.278. The summed E-state index contributed by atoms with van der Waals surface area (Å²) in [5, 5.41) is 3.62. The van der Waals surface area contributed by atoms with E-state index in [0.29, 0.717) is 22.2 Å².